The molecule has 0 bridgehead atoms. The zero-order valence-electron chi connectivity index (χ0n) is 11.1. The molecule has 5 nitrogen and oxygen atoms in total. The van der Waals surface area contributed by atoms with Crippen molar-refractivity contribution in [1.29, 1.82) is 0 Å². The van der Waals surface area contributed by atoms with Gasteiger partial charge < -0.3 is 10.0 Å². The highest BCUT2D eigenvalue weighted by molar-refractivity contribution is 7.15. The molecule has 2 aromatic rings. The zero-order chi connectivity index (χ0) is 14.1. The molecule has 1 aliphatic rings. The number of aromatic nitrogens is 2. The molecule has 1 aliphatic carbocycles. The SMILES string of the molecule is CN(Cc1ccncc1)c1nc2c(s1)CCC2C(=O)O. The predicted octanol–water partition coefficient (Wildman–Crippen LogP) is 2.29. The summed E-state index contributed by atoms with van der Waals surface area (Å²) in [6.07, 6.45) is 5.04. The number of fused-ring (bicyclic) bond motifs is 1. The first-order valence-electron chi connectivity index (χ1n) is 6.47. The number of carbonyl (C=O) groups is 1. The summed E-state index contributed by atoms with van der Waals surface area (Å²) >= 11 is 1.61. The summed E-state index contributed by atoms with van der Waals surface area (Å²) < 4.78 is 0. The second kappa shape index (κ2) is 5.20. The Kier molecular flexibility index (Phi) is 3.40. The van der Waals surface area contributed by atoms with Gasteiger partial charge in [0.25, 0.3) is 0 Å². The minimum absolute atomic E-state index is 0.427. The molecule has 2 aromatic heterocycles. The lowest BCUT2D eigenvalue weighted by Crippen LogP contribution is -2.17. The van der Waals surface area contributed by atoms with Crippen LogP contribution in [0.2, 0.25) is 0 Å². The van der Waals surface area contributed by atoms with Crippen LogP contribution in [0.5, 0.6) is 0 Å². The molecule has 0 spiro atoms. The molecule has 0 radical (unpaired) electrons. The molecule has 1 unspecified atom stereocenters. The van der Waals surface area contributed by atoms with E-state index in [1.165, 1.54) is 0 Å². The third-order valence-corrected chi connectivity index (χ3v) is 4.75. The van der Waals surface area contributed by atoms with Crippen molar-refractivity contribution in [1.82, 2.24) is 9.97 Å². The van der Waals surface area contributed by atoms with Gasteiger partial charge in [-0.25, -0.2) is 4.98 Å². The van der Waals surface area contributed by atoms with E-state index in [2.05, 4.69) is 14.9 Å². The molecule has 20 heavy (non-hydrogen) atoms. The molecule has 2 heterocycles. The molecule has 104 valence electrons. The molecule has 0 amide bonds. The quantitative estimate of drug-likeness (QED) is 0.935. The van der Waals surface area contributed by atoms with E-state index in [9.17, 15) is 9.90 Å². The fourth-order valence-electron chi connectivity index (χ4n) is 2.45. The van der Waals surface area contributed by atoms with Gasteiger partial charge >= 0.3 is 5.97 Å². The van der Waals surface area contributed by atoms with Crippen molar-refractivity contribution in [3.05, 3.63) is 40.7 Å². The number of aliphatic carboxylic acids is 1. The van der Waals surface area contributed by atoms with E-state index in [-0.39, 0.29) is 0 Å². The highest BCUT2D eigenvalue weighted by Gasteiger charge is 2.32. The van der Waals surface area contributed by atoms with E-state index in [1.54, 1.807) is 23.7 Å². The van der Waals surface area contributed by atoms with Gasteiger partial charge in [0.1, 0.15) is 5.92 Å². The Bertz CT molecular complexity index is 627. The summed E-state index contributed by atoms with van der Waals surface area (Å²) in [6.45, 7) is 0.743. The predicted molar refractivity (Wildman–Crippen MR) is 77.2 cm³/mol. The molecule has 1 atom stereocenters. The van der Waals surface area contributed by atoms with Crippen molar-refractivity contribution in [2.45, 2.75) is 25.3 Å². The van der Waals surface area contributed by atoms with Crippen LogP contribution in [0.4, 0.5) is 5.13 Å². The van der Waals surface area contributed by atoms with Gasteiger partial charge in [0.15, 0.2) is 5.13 Å². The smallest absolute Gasteiger partial charge is 0.312 e. The van der Waals surface area contributed by atoms with Crippen molar-refractivity contribution in [3.8, 4) is 0 Å². The summed E-state index contributed by atoms with van der Waals surface area (Å²) in [5, 5.41) is 10.1. The third kappa shape index (κ3) is 2.38. The second-order valence-corrected chi connectivity index (χ2v) is 6.01. The number of hydrogen-bond acceptors (Lipinski definition) is 5. The molecular weight excluding hydrogens is 274 g/mol. The van der Waals surface area contributed by atoms with E-state index in [0.717, 1.165) is 34.2 Å². The van der Waals surface area contributed by atoms with Gasteiger partial charge in [-0.05, 0) is 30.5 Å². The Balaban J connectivity index is 1.79. The highest BCUT2D eigenvalue weighted by atomic mass is 32.1. The number of nitrogens with zero attached hydrogens (tertiary/aromatic N) is 3. The number of hydrogen-bond donors (Lipinski definition) is 1. The van der Waals surface area contributed by atoms with Gasteiger partial charge in [-0.3, -0.25) is 9.78 Å². The summed E-state index contributed by atoms with van der Waals surface area (Å²) in [5.41, 5.74) is 1.92. The molecule has 3 rings (SSSR count). The average molecular weight is 289 g/mol. The number of pyridine rings is 1. The lowest BCUT2D eigenvalue weighted by molar-refractivity contribution is -0.138. The number of anilines is 1. The molecule has 6 heteroatoms. The fraction of sp³-hybridized carbons (Fsp3) is 0.357. The Morgan fingerprint density at radius 1 is 1.50 bits per heavy atom. The van der Waals surface area contributed by atoms with Crippen LogP contribution in [-0.4, -0.2) is 28.1 Å². The first kappa shape index (κ1) is 13.1. The molecule has 0 fully saturated rings. The van der Waals surface area contributed by atoms with Crippen molar-refractivity contribution >= 4 is 22.4 Å². The fourth-order valence-corrected chi connectivity index (χ4v) is 3.54. The first-order chi connectivity index (χ1) is 9.65. The summed E-state index contributed by atoms with van der Waals surface area (Å²) in [7, 11) is 1.98. The van der Waals surface area contributed by atoms with Crippen LogP contribution in [0.25, 0.3) is 0 Å². The standard InChI is InChI=1S/C14H15N3O2S/c1-17(8-9-4-6-15-7-5-9)14-16-12-10(13(18)19)2-3-11(12)20-14/h4-7,10H,2-3,8H2,1H3,(H,18,19). The monoisotopic (exact) mass is 289 g/mol. The normalized spacial score (nSPS) is 16.9. The summed E-state index contributed by atoms with van der Waals surface area (Å²) in [4.78, 5) is 22.9. The second-order valence-electron chi connectivity index (χ2n) is 4.95. The zero-order valence-corrected chi connectivity index (χ0v) is 11.9. The Hall–Kier alpha value is -1.95. The van der Waals surface area contributed by atoms with Gasteiger partial charge in [0, 0.05) is 30.9 Å². The van der Waals surface area contributed by atoms with E-state index in [1.807, 2.05) is 19.2 Å². The minimum Gasteiger partial charge on any atom is -0.481 e. The number of thiazole rings is 1. The maximum atomic E-state index is 11.2. The largest absolute Gasteiger partial charge is 0.481 e. The molecule has 0 saturated heterocycles. The maximum Gasteiger partial charge on any atom is 0.312 e. The van der Waals surface area contributed by atoms with Crippen LogP contribution >= 0.6 is 11.3 Å². The maximum absolute atomic E-state index is 11.2. The van der Waals surface area contributed by atoms with Crippen LogP contribution in [0.1, 0.15) is 28.5 Å². The van der Waals surface area contributed by atoms with E-state index in [0.29, 0.717) is 6.42 Å². The molecule has 0 aromatic carbocycles. The van der Waals surface area contributed by atoms with Gasteiger partial charge in [0.2, 0.25) is 0 Å². The minimum atomic E-state index is -0.766. The van der Waals surface area contributed by atoms with Crippen molar-refractivity contribution in [2.24, 2.45) is 0 Å². The molecule has 0 saturated carbocycles. The van der Waals surface area contributed by atoms with Gasteiger partial charge in [-0.2, -0.15) is 0 Å². The van der Waals surface area contributed by atoms with Crippen molar-refractivity contribution in [3.63, 3.8) is 0 Å². The Labute approximate surface area is 120 Å². The average Bonchev–Trinajstić information content (AvgIpc) is 2.98. The lowest BCUT2D eigenvalue weighted by Gasteiger charge is -2.15. The van der Waals surface area contributed by atoms with Crippen molar-refractivity contribution < 1.29 is 9.90 Å². The summed E-state index contributed by atoms with van der Waals surface area (Å²) in [6, 6.07) is 3.94. The number of carboxylic acid groups (broad SMARTS) is 1. The molecule has 0 aliphatic heterocycles. The van der Waals surface area contributed by atoms with E-state index < -0.39 is 11.9 Å². The van der Waals surface area contributed by atoms with E-state index >= 15 is 0 Å². The van der Waals surface area contributed by atoms with Crippen LogP contribution < -0.4 is 4.90 Å². The van der Waals surface area contributed by atoms with Gasteiger partial charge in [-0.1, -0.05) is 0 Å². The first-order valence-corrected chi connectivity index (χ1v) is 7.29. The Morgan fingerprint density at radius 3 is 2.95 bits per heavy atom. The van der Waals surface area contributed by atoms with Crippen LogP contribution in [0.15, 0.2) is 24.5 Å². The number of rotatable bonds is 4. The summed E-state index contributed by atoms with van der Waals surface area (Å²) in [5.74, 6) is -1.19. The number of aryl methyl sites for hydroxylation is 1. The van der Waals surface area contributed by atoms with Crippen molar-refractivity contribution in [2.75, 3.05) is 11.9 Å². The lowest BCUT2D eigenvalue weighted by atomic mass is 10.1. The molecular formula is C14H15N3O2S. The van der Waals surface area contributed by atoms with Crippen LogP contribution in [0.3, 0.4) is 0 Å². The van der Waals surface area contributed by atoms with Gasteiger partial charge in [-0.15, -0.1) is 11.3 Å². The number of carboxylic acids is 1. The topological polar surface area (TPSA) is 66.3 Å². The van der Waals surface area contributed by atoms with Crippen LogP contribution in [0, 0.1) is 0 Å². The van der Waals surface area contributed by atoms with Gasteiger partial charge in [0.05, 0.1) is 5.69 Å². The van der Waals surface area contributed by atoms with E-state index in [4.69, 9.17) is 0 Å². The highest BCUT2D eigenvalue weighted by Crippen LogP contribution is 2.39. The Morgan fingerprint density at radius 2 is 2.25 bits per heavy atom. The third-order valence-electron chi connectivity index (χ3n) is 3.50. The van der Waals surface area contributed by atoms with Crippen LogP contribution in [-0.2, 0) is 17.8 Å². The molecule has 1 N–H and O–H groups in total.